The molecule has 3 fully saturated rings. The number of nitrogens with zero attached hydrogens (tertiary/aromatic N) is 3. The summed E-state index contributed by atoms with van der Waals surface area (Å²) in [5, 5.41) is 4.59. The highest BCUT2D eigenvalue weighted by atomic mass is 127. The van der Waals surface area contributed by atoms with Gasteiger partial charge >= 0.3 is 0 Å². The molecule has 136 valence electrons. The lowest BCUT2D eigenvalue weighted by atomic mass is 9.84. The lowest BCUT2D eigenvalue weighted by Gasteiger charge is -2.45. The van der Waals surface area contributed by atoms with Gasteiger partial charge < -0.3 is 10.2 Å². The third kappa shape index (κ3) is 4.22. The monoisotopic (exact) mass is 532 g/mol. The van der Waals surface area contributed by atoms with E-state index in [-0.39, 0.29) is 18.2 Å². The first-order valence-corrected chi connectivity index (χ1v) is 10.1. The van der Waals surface area contributed by atoms with Crippen LogP contribution in [0.5, 0.6) is 0 Å². The second-order valence-electron chi connectivity index (χ2n) is 6.44. The second-order valence-corrected chi connectivity index (χ2v) is 9.97. The number of piperidine rings is 3. The van der Waals surface area contributed by atoms with Gasteiger partial charge in [-0.1, -0.05) is 34.8 Å². The minimum Gasteiger partial charge on any atom is -0.365 e. The maximum absolute atomic E-state index is 6.04. The molecule has 0 saturated carbocycles. The number of anilines is 1. The van der Waals surface area contributed by atoms with E-state index in [4.69, 9.17) is 34.8 Å². The number of hydrogen-bond donors (Lipinski definition) is 1. The number of nitrogens with one attached hydrogen (secondary N) is 1. The van der Waals surface area contributed by atoms with Gasteiger partial charge in [-0.15, -0.1) is 12.4 Å². The molecule has 4 heterocycles. The standard InChI is InChI=1S/C16H16Cl3IN4.ClH/c17-16(18,19)15-22-12-2-1-10(20)7-11(12)14(23-15)21-13-8-24-5-3-9(13)4-6-24;/h1-2,7,9,13H,3-6,8H2,(H,21,22,23);1H. The third-order valence-corrected chi connectivity index (χ3v) is 6.07. The fraction of sp³-hybridized carbons (Fsp3) is 0.500. The van der Waals surface area contributed by atoms with Gasteiger partial charge in [0.15, 0.2) is 5.82 Å². The molecular formula is C16H17Cl4IN4. The predicted molar refractivity (Wildman–Crippen MR) is 115 cm³/mol. The van der Waals surface area contributed by atoms with Gasteiger partial charge in [0, 0.05) is 21.5 Å². The largest absolute Gasteiger partial charge is 0.365 e. The maximum Gasteiger partial charge on any atom is 0.250 e. The molecule has 2 bridgehead atoms. The number of rotatable bonds is 2. The van der Waals surface area contributed by atoms with Crippen LogP contribution in [0.15, 0.2) is 18.2 Å². The van der Waals surface area contributed by atoms with Gasteiger partial charge in [-0.3, -0.25) is 0 Å². The molecule has 4 nitrogen and oxygen atoms in total. The first-order chi connectivity index (χ1) is 11.4. The highest BCUT2D eigenvalue weighted by Gasteiger charge is 2.35. The van der Waals surface area contributed by atoms with Gasteiger partial charge in [0.2, 0.25) is 3.79 Å². The lowest BCUT2D eigenvalue weighted by Crippen LogP contribution is -2.53. The third-order valence-electron chi connectivity index (χ3n) is 4.89. The number of halogens is 5. The molecule has 5 rings (SSSR count). The number of hydrogen-bond acceptors (Lipinski definition) is 4. The van der Waals surface area contributed by atoms with Crippen LogP contribution in [-0.2, 0) is 3.79 Å². The molecular weight excluding hydrogens is 517 g/mol. The van der Waals surface area contributed by atoms with Crippen molar-refractivity contribution in [1.29, 1.82) is 0 Å². The molecule has 2 aromatic rings. The van der Waals surface area contributed by atoms with Gasteiger partial charge in [0.25, 0.3) is 0 Å². The van der Waals surface area contributed by atoms with Crippen molar-refractivity contribution >= 4 is 86.5 Å². The Morgan fingerprint density at radius 1 is 1.16 bits per heavy atom. The molecule has 3 saturated heterocycles. The van der Waals surface area contributed by atoms with Crippen molar-refractivity contribution in [3.05, 3.63) is 27.6 Å². The minimum absolute atomic E-state index is 0. The molecule has 1 unspecified atom stereocenters. The van der Waals surface area contributed by atoms with Gasteiger partial charge in [-0.05, 0) is 72.6 Å². The van der Waals surface area contributed by atoms with Crippen LogP contribution in [0.25, 0.3) is 10.9 Å². The first kappa shape index (κ1) is 20.0. The topological polar surface area (TPSA) is 41.1 Å². The molecule has 9 heteroatoms. The zero-order valence-electron chi connectivity index (χ0n) is 13.2. The van der Waals surface area contributed by atoms with E-state index >= 15 is 0 Å². The Morgan fingerprint density at radius 2 is 1.88 bits per heavy atom. The molecule has 3 aliphatic rings. The van der Waals surface area contributed by atoms with Gasteiger partial charge in [0.1, 0.15) is 5.82 Å². The van der Waals surface area contributed by atoms with Crippen molar-refractivity contribution in [3.8, 4) is 0 Å². The van der Waals surface area contributed by atoms with Crippen LogP contribution in [0.3, 0.4) is 0 Å². The zero-order chi connectivity index (χ0) is 16.9. The molecule has 1 aromatic heterocycles. The molecule has 0 spiro atoms. The fourth-order valence-electron chi connectivity index (χ4n) is 3.64. The molecule has 0 radical (unpaired) electrons. The zero-order valence-corrected chi connectivity index (χ0v) is 18.4. The second kappa shape index (κ2) is 7.68. The van der Waals surface area contributed by atoms with Crippen LogP contribution in [0.1, 0.15) is 18.7 Å². The fourth-order valence-corrected chi connectivity index (χ4v) is 4.39. The van der Waals surface area contributed by atoms with Crippen LogP contribution >= 0.6 is 69.8 Å². The average molecular weight is 534 g/mol. The molecule has 0 amide bonds. The van der Waals surface area contributed by atoms with E-state index in [2.05, 4.69) is 48.8 Å². The number of benzene rings is 1. The van der Waals surface area contributed by atoms with Crippen molar-refractivity contribution in [2.45, 2.75) is 22.7 Å². The van der Waals surface area contributed by atoms with E-state index in [9.17, 15) is 0 Å². The normalized spacial score (nSPS) is 25.7. The van der Waals surface area contributed by atoms with Gasteiger partial charge in [-0.25, -0.2) is 9.97 Å². The summed E-state index contributed by atoms with van der Waals surface area (Å²) in [5.41, 5.74) is 0.788. The molecule has 1 N–H and O–H groups in total. The van der Waals surface area contributed by atoms with E-state index in [1.807, 2.05) is 12.1 Å². The van der Waals surface area contributed by atoms with Crippen LogP contribution in [0.4, 0.5) is 5.82 Å². The molecule has 1 aromatic carbocycles. The Hall–Kier alpha value is 0.210. The molecule has 3 aliphatic heterocycles. The quantitative estimate of drug-likeness (QED) is 0.436. The van der Waals surface area contributed by atoms with Crippen molar-refractivity contribution in [2.24, 2.45) is 5.92 Å². The Bertz CT molecular complexity index is 775. The summed E-state index contributed by atoms with van der Waals surface area (Å²) in [5.74, 6) is 1.66. The molecule has 0 aliphatic carbocycles. The van der Waals surface area contributed by atoms with Gasteiger partial charge in [-0.2, -0.15) is 0 Å². The minimum atomic E-state index is -1.64. The number of fused-ring (bicyclic) bond motifs is 4. The van der Waals surface area contributed by atoms with E-state index in [1.54, 1.807) is 0 Å². The summed E-state index contributed by atoms with van der Waals surface area (Å²) < 4.78 is -0.509. The van der Waals surface area contributed by atoms with E-state index in [1.165, 1.54) is 25.9 Å². The summed E-state index contributed by atoms with van der Waals surface area (Å²) in [7, 11) is 0. The summed E-state index contributed by atoms with van der Waals surface area (Å²) in [4.78, 5) is 11.5. The summed E-state index contributed by atoms with van der Waals surface area (Å²) >= 11 is 20.4. The number of aromatic nitrogens is 2. The Labute approximate surface area is 181 Å². The predicted octanol–water partition coefficient (Wildman–Crippen LogP) is 4.99. The maximum atomic E-state index is 6.04. The molecule has 25 heavy (non-hydrogen) atoms. The average Bonchev–Trinajstić information content (AvgIpc) is 2.55. The molecule has 1 atom stereocenters. The highest BCUT2D eigenvalue weighted by Crippen LogP contribution is 2.38. The van der Waals surface area contributed by atoms with E-state index in [0.717, 1.165) is 26.8 Å². The van der Waals surface area contributed by atoms with Crippen LogP contribution in [0, 0.1) is 9.49 Å². The van der Waals surface area contributed by atoms with E-state index < -0.39 is 3.79 Å². The first-order valence-electron chi connectivity index (χ1n) is 7.93. The van der Waals surface area contributed by atoms with Crippen LogP contribution in [-0.4, -0.2) is 40.5 Å². The highest BCUT2D eigenvalue weighted by molar-refractivity contribution is 14.1. The van der Waals surface area contributed by atoms with Crippen LogP contribution < -0.4 is 5.32 Å². The smallest absolute Gasteiger partial charge is 0.250 e. The Morgan fingerprint density at radius 3 is 2.48 bits per heavy atom. The Balaban J connectivity index is 0.00000182. The van der Waals surface area contributed by atoms with E-state index in [0.29, 0.717) is 12.0 Å². The summed E-state index contributed by atoms with van der Waals surface area (Å²) in [6, 6.07) is 6.39. The number of alkyl halides is 3. The summed E-state index contributed by atoms with van der Waals surface area (Å²) in [6.07, 6.45) is 2.46. The lowest BCUT2D eigenvalue weighted by molar-refractivity contribution is 0.0974. The Kier molecular flexibility index (Phi) is 6.13. The van der Waals surface area contributed by atoms with Crippen molar-refractivity contribution < 1.29 is 0 Å². The van der Waals surface area contributed by atoms with Crippen molar-refractivity contribution in [1.82, 2.24) is 14.9 Å². The van der Waals surface area contributed by atoms with Crippen molar-refractivity contribution in [2.75, 3.05) is 25.0 Å². The summed E-state index contributed by atoms with van der Waals surface area (Å²) in [6.45, 7) is 3.44. The van der Waals surface area contributed by atoms with Gasteiger partial charge in [0.05, 0.1) is 5.52 Å². The van der Waals surface area contributed by atoms with Crippen molar-refractivity contribution in [3.63, 3.8) is 0 Å². The SMILES string of the molecule is Cl.ClC(Cl)(Cl)c1nc(NC2CN3CCC2CC3)c2cc(I)ccc2n1. The van der Waals surface area contributed by atoms with Crippen LogP contribution in [0.2, 0.25) is 0 Å².